The first-order valence-corrected chi connectivity index (χ1v) is 26.8. The third-order valence-electron chi connectivity index (χ3n) is 15.6. The van der Waals surface area contributed by atoms with Gasteiger partial charge in [-0.2, -0.15) is 0 Å². The maximum Gasteiger partial charge on any atom is 0.0795 e. The number of anilines is 6. The van der Waals surface area contributed by atoms with Gasteiger partial charge in [0.15, 0.2) is 0 Å². The number of benzene rings is 13. The van der Waals surface area contributed by atoms with Crippen LogP contribution < -0.4 is 9.80 Å². The number of para-hydroxylation sites is 6. The maximum atomic E-state index is 2.51. The molecule has 0 unspecified atom stereocenters. The highest BCUT2D eigenvalue weighted by molar-refractivity contribution is 6.33. The fourth-order valence-electron chi connectivity index (χ4n) is 12.3. The van der Waals surface area contributed by atoms with Gasteiger partial charge in [0.2, 0.25) is 0 Å². The highest BCUT2D eigenvalue weighted by Crippen LogP contribution is 2.53. The predicted octanol–water partition coefficient (Wildman–Crippen LogP) is 20.5. The van der Waals surface area contributed by atoms with Crippen molar-refractivity contribution in [2.45, 2.75) is 0 Å². The van der Waals surface area contributed by atoms with Crippen molar-refractivity contribution in [3.8, 4) is 33.6 Å². The van der Waals surface area contributed by atoms with Crippen LogP contribution in [-0.2, 0) is 0 Å². The molecule has 0 radical (unpaired) electrons. The lowest BCUT2D eigenvalue weighted by Gasteiger charge is -2.27. The lowest BCUT2D eigenvalue weighted by Crippen LogP contribution is -2.10. The van der Waals surface area contributed by atoms with E-state index in [1.807, 2.05) is 0 Å². The Kier molecular flexibility index (Phi) is 10.8. The normalized spacial score (nSPS) is 11.6. The molecule has 0 atom stereocenters. The van der Waals surface area contributed by atoms with Gasteiger partial charge in [-0.25, -0.2) is 0 Å². The second-order valence-electron chi connectivity index (χ2n) is 20.0. The molecule has 0 fully saturated rings. The molecule has 0 saturated carbocycles. The summed E-state index contributed by atoms with van der Waals surface area (Å²) in [6, 6.07) is 111. The summed E-state index contributed by atoms with van der Waals surface area (Å²) in [5, 5.41) is 9.57. The fraction of sp³-hybridized carbons (Fsp3) is 0. The lowest BCUT2D eigenvalue weighted by molar-refractivity contribution is 1.15. The van der Waals surface area contributed by atoms with Crippen molar-refractivity contribution in [2.75, 3.05) is 9.80 Å². The van der Waals surface area contributed by atoms with E-state index in [9.17, 15) is 0 Å². The first-order valence-electron chi connectivity index (χ1n) is 26.8. The molecule has 0 saturated heterocycles. The zero-order valence-electron chi connectivity index (χ0n) is 42.7. The minimum Gasteiger partial charge on any atom is -0.310 e. The molecule has 4 heteroatoms. The van der Waals surface area contributed by atoms with E-state index < -0.39 is 0 Å². The van der Waals surface area contributed by atoms with E-state index in [2.05, 4.69) is 322 Å². The SMILES string of the molecule is c1ccc(N(c2ccc(-c3c(-c4ccc(N(c5ccccc5)c5cccc6ccccc56)cc4)c4c5ccccc5n(-c5ccccc5)c4c4c3c3ccccc3n4-c3ccccc3)cc2)c2cccc3ccccc23)cc1. The third kappa shape index (κ3) is 7.30. The Hall–Kier alpha value is -10.4. The van der Waals surface area contributed by atoms with Gasteiger partial charge < -0.3 is 18.9 Å². The van der Waals surface area contributed by atoms with Crippen LogP contribution in [0.25, 0.3) is 98.8 Å². The van der Waals surface area contributed by atoms with Crippen LogP contribution in [0.15, 0.2) is 303 Å². The first-order chi connectivity index (χ1) is 38.8. The van der Waals surface area contributed by atoms with Crippen LogP contribution in [0.1, 0.15) is 0 Å². The summed E-state index contributed by atoms with van der Waals surface area (Å²) in [4.78, 5) is 4.79. The van der Waals surface area contributed by atoms with E-state index in [1.165, 1.54) is 54.2 Å². The number of fused-ring (bicyclic) bond motifs is 9. The molecule has 15 rings (SSSR count). The van der Waals surface area contributed by atoms with Crippen LogP contribution in [-0.4, -0.2) is 9.13 Å². The maximum absolute atomic E-state index is 2.51. The van der Waals surface area contributed by atoms with Crippen molar-refractivity contribution in [1.82, 2.24) is 9.13 Å². The van der Waals surface area contributed by atoms with Gasteiger partial charge in [-0.3, -0.25) is 0 Å². The quantitative estimate of drug-likeness (QED) is 0.136. The molecule has 0 aliphatic carbocycles. The number of hydrogen-bond donors (Lipinski definition) is 0. The molecule has 78 heavy (non-hydrogen) atoms. The van der Waals surface area contributed by atoms with E-state index in [4.69, 9.17) is 0 Å². The largest absolute Gasteiger partial charge is 0.310 e. The number of aromatic nitrogens is 2. The van der Waals surface area contributed by atoms with Crippen molar-refractivity contribution < 1.29 is 0 Å². The number of rotatable bonds is 10. The van der Waals surface area contributed by atoms with Crippen molar-refractivity contribution in [1.29, 1.82) is 0 Å². The third-order valence-corrected chi connectivity index (χ3v) is 15.6. The molecule has 0 aliphatic rings. The van der Waals surface area contributed by atoms with Gasteiger partial charge in [-0.1, -0.05) is 206 Å². The average Bonchev–Trinajstić information content (AvgIpc) is 4.08. The topological polar surface area (TPSA) is 16.3 Å². The van der Waals surface area contributed by atoms with Gasteiger partial charge in [-0.15, -0.1) is 0 Å². The molecular formula is C74H50N4. The standard InChI is InChI=1S/C74H50N4/c1-5-27-55(28-6-1)75(65-41-21-25-51-23-13-15-35-61(51)65)59-47-43-53(44-48-59)69-70(54-45-49-60(50-46-54)76(56-29-7-2-8-30-56)66-42-22-26-52-24-14-16-36-62(52)66)72-64-38-18-20-40-68(64)78(58-33-11-4-12-34-58)74(72)73-71(69)63-37-17-19-39-67(63)77(73)57-31-9-3-10-32-57/h1-50H. The minimum absolute atomic E-state index is 1.08. The Morgan fingerprint density at radius 1 is 0.231 bits per heavy atom. The highest BCUT2D eigenvalue weighted by atomic mass is 15.1. The molecule has 4 nitrogen and oxygen atoms in total. The number of nitrogens with zero attached hydrogens (tertiary/aromatic N) is 4. The van der Waals surface area contributed by atoms with Gasteiger partial charge in [0, 0.05) is 77.6 Å². The van der Waals surface area contributed by atoms with E-state index >= 15 is 0 Å². The van der Waals surface area contributed by atoms with Crippen LogP contribution in [0.3, 0.4) is 0 Å². The van der Waals surface area contributed by atoms with Gasteiger partial charge in [0.05, 0.1) is 33.4 Å². The zero-order chi connectivity index (χ0) is 51.5. The van der Waals surface area contributed by atoms with Crippen LogP contribution in [0.4, 0.5) is 34.1 Å². The smallest absolute Gasteiger partial charge is 0.0795 e. The fourth-order valence-corrected chi connectivity index (χ4v) is 12.3. The molecule has 0 N–H and O–H groups in total. The highest BCUT2D eigenvalue weighted by Gasteiger charge is 2.29. The van der Waals surface area contributed by atoms with Crippen LogP contribution >= 0.6 is 0 Å². The Labute approximate surface area is 452 Å². The van der Waals surface area contributed by atoms with Gasteiger partial charge >= 0.3 is 0 Å². The summed E-state index contributed by atoms with van der Waals surface area (Å²) in [7, 11) is 0. The van der Waals surface area contributed by atoms with Crippen molar-refractivity contribution >= 4 is 99.3 Å². The zero-order valence-corrected chi connectivity index (χ0v) is 42.7. The Bertz CT molecular complexity index is 4380. The molecule has 366 valence electrons. The van der Waals surface area contributed by atoms with Crippen molar-refractivity contribution in [2.24, 2.45) is 0 Å². The van der Waals surface area contributed by atoms with Crippen LogP contribution in [0.2, 0.25) is 0 Å². The molecule has 0 aliphatic heterocycles. The van der Waals surface area contributed by atoms with Crippen molar-refractivity contribution in [3.63, 3.8) is 0 Å². The monoisotopic (exact) mass is 994 g/mol. The molecule has 0 spiro atoms. The summed E-state index contributed by atoms with van der Waals surface area (Å²) in [5.74, 6) is 0. The Balaban J connectivity index is 1.06. The van der Waals surface area contributed by atoms with E-state index in [0.29, 0.717) is 0 Å². The van der Waals surface area contributed by atoms with E-state index in [0.717, 1.165) is 78.7 Å². The molecule has 0 bridgehead atoms. The van der Waals surface area contributed by atoms with Gasteiger partial charge in [0.1, 0.15) is 0 Å². The van der Waals surface area contributed by atoms with E-state index in [1.54, 1.807) is 0 Å². The Morgan fingerprint density at radius 3 is 0.936 bits per heavy atom. The average molecular weight is 995 g/mol. The molecule has 2 aromatic heterocycles. The predicted molar refractivity (Wildman–Crippen MR) is 330 cm³/mol. The molecular weight excluding hydrogens is 945 g/mol. The molecule has 2 heterocycles. The van der Waals surface area contributed by atoms with Crippen LogP contribution in [0.5, 0.6) is 0 Å². The second kappa shape index (κ2) is 18.7. The van der Waals surface area contributed by atoms with Gasteiger partial charge in [0.25, 0.3) is 0 Å². The summed E-state index contributed by atoms with van der Waals surface area (Å²) in [6.45, 7) is 0. The lowest BCUT2D eigenvalue weighted by atomic mass is 9.86. The van der Waals surface area contributed by atoms with Gasteiger partial charge in [-0.05, 0) is 119 Å². The first kappa shape index (κ1) is 45.0. The second-order valence-corrected chi connectivity index (χ2v) is 20.0. The minimum atomic E-state index is 1.08. The molecule has 0 amide bonds. The van der Waals surface area contributed by atoms with E-state index in [-0.39, 0.29) is 0 Å². The van der Waals surface area contributed by atoms with Crippen LogP contribution in [0, 0.1) is 0 Å². The Morgan fingerprint density at radius 2 is 0.538 bits per heavy atom. The summed E-state index contributed by atoms with van der Waals surface area (Å²) < 4.78 is 5.02. The number of hydrogen-bond acceptors (Lipinski definition) is 2. The summed E-state index contributed by atoms with van der Waals surface area (Å²) in [6.07, 6.45) is 0. The summed E-state index contributed by atoms with van der Waals surface area (Å²) >= 11 is 0. The summed E-state index contributed by atoms with van der Waals surface area (Å²) in [5.41, 5.74) is 18.1. The molecule has 15 aromatic rings. The van der Waals surface area contributed by atoms with Crippen molar-refractivity contribution in [3.05, 3.63) is 303 Å². The molecule has 13 aromatic carbocycles.